The maximum atomic E-state index is 13.8. The fourth-order valence-corrected chi connectivity index (χ4v) is 3.09. The van der Waals surface area contributed by atoms with Crippen molar-refractivity contribution in [2.45, 2.75) is 6.10 Å². The highest BCUT2D eigenvalue weighted by molar-refractivity contribution is 6.42. The Labute approximate surface area is 187 Å². The number of carbonyl (C=O) groups excluding carboxylic acids is 1. The fraction of sp³-hybridized carbons (Fsp3) is 0.190. The summed E-state index contributed by atoms with van der Waals surface area (Å²) in [7, 11) is 1.41. The van der Waals surface area contributed by atoms with Gasteiger partial charge in [0.25, 0.3) is 11.5 Å². The van der Waals surface area contributed by atoms with Gasteiger partial charge in [-0.2, -0.15) is 9.78 Å². The molecule has 0 saturated carbocycles. The van der Waals surface area contributed by atoms with Gasteiger partial charge >= 0.3 is 0 Å². The number of rotatable bonds is 7. The van der Waals surface area contributed by atoms with Gasteiger partial charge in [0.1, 0.15) is 11.4 Å². The molecule has 0 fully saturated rings. The molecule has 0 spiro atoms. The van der Waals surface area contributed by atoms with Crippen LogP contribution in [0.4, 0.5) is 4.39 Å². The van der Waals surface area contributed by atoms with Gasteiger partial charge in [-0.15, -0.1) is 0 Å². The minimum absolute atomic E-state index is 0.0126. The molecule has 1 amide bonds. The zero-order chi connectivity index (χ0) is 22.5. The number of methoxy groups -OCH3 is 1. The Bertz CT molecular complexity index is 1170. The molecule has 0 aliphatic heterocycles. The molecule has 162 valence electrons. The van der Waals surface area contributed by atoms with E-state index in [0.29, 0.717) is 10.6 Å². The molecule has 1 heterocycles. The van der Waals surface area contributed by atoms with Crippen molar-refractivity contribution < 1.29 is 19.0 Å². The topological polar surface area (TPSA) is 93.4 Å². The monoisotopic (exact) mass is 465 g/mol. The van der Waals surface area contributed by atoms with Gasteiger partial charge in [0.05, 0.1) is 34.1 Å². The number of aliphatic hydroxyl groups excluding tert-OH is 1. The van der Waals surface area contributed by atoms with Crippen LogP contribution >= 0.6 is 23.2 Å². The van der Waals surface area contributed by atoms with Crippen molar-refractivity contribution in [3.8, 4) is 16.9 Å². The predicted octanol–water partition coefficient (Wildman–Crippen LogP) is 3.08. The van der Waals surface area contributed by atoms with Crippen LogP contribution in [0.5, 0.6) is 0 Å². The summed E-state index contributed by atoms with van der Waals surface area (Å²) in [4.78, 5) is 25.7. The maximum Gasteiger partial charge on any atom is 0.284 e. The molecule has 1 aromatic heterocycles. The minimum atomic E-state index is -0.948. The Morgan fingerprint density at radius 1 is 1.23 bits per heavy atom. The third-order valence-corrected chi connectivity index (χ3v) is 5.02. The summed E-state index contributed by atoms with van der Waals surface area (Å²) in [5.41, 5.74) is -0.128. The van der Waals surface area contributed by atoms with Gasteiger partial charge in [0.2, 0.25) is 0 Å². The van der Waals surface area contributed by atoms with E-state index in [1.165, 1.54) is 37.4 Å². The van der Waals surface area contributed by atoms with Crippen LogP contribution in [-0.4, -0.2) is 47.2 Å². The molecule has 0 bridgehead atoms. The second-order valence-electron chi connectivity index (χ2n) is 6.59. The Morgan fingerprint density at radius 3 is 2.68 bits per heavy atom. The SMILES string of the molecule is COCC(O)CNC(=O)c1cc(-c2ccc(Cl)c(Cl)c2)nn(-c2cccc(F)c2)c1=O. The fourth-order valence-electron chi connectivity index (χ4n) is 2.79. The van der Waals surface area contributed by atoms with E-state index >= 15 is 0 Å². The van der Waals surface area contributed by atoms with Crippen LogP contribution in [0.2, 0.25) is 10.0 Å². The van der Waals surface area contributed by atoms with E-state index in [0.717, 1.165) is 10.7 Å². The third kappa shape index (κ3) is 5.48. The molecule has 7 nitrogen and oxygen atoms in total. The molecule has 10 heteroatoms. The predicted molar refractivity (Wildman–Crippen MR) is 115 cm³/mol. The van der Waals surface area contributed by atoms with E-state index in [2.05, 4.69) is 10.4 Å². The van der Waals surface area contributed by atoms with Crippen molar-refractivity contribution in [1.29, 1.82) is 0 Å². The van der Waals surface area contributed by atoms with Crippen LogP contribution in [0.1, 0.15) is 10.4 Å². The number of benzene rings is 2. The average Bonchev–Trinajstić information content (AvgIpc) is 2.74. The van der Waals surface area contributed by atoms with Crippen LogP contribution < -0.4 is 10.9 Å². The Hall–Kier alpha value is -2.78. The first-order valence-electron chi connectivity index (χ1n) is 9.11. The summed E-state index contributed by atoms with van der Waals surface area (Å²) in [6.07, 6.45) is -0.948. The standard InChI is InChI=1S/C21H18Cl2FN3O4/c1-31-11-15(28)10-25-20(29)16-9-19(12-5-6-17(22)18(23)7-12)26-27(21(16)30)14-4-2-3-13(24)8-14/h2-9,15,28H,10-11H2,1H3,(H,25,29). The second-order valence-corrected chi connectivity index (χ2v) is 7.40. The highest BCUT2D eigenvalue weighted by Gasteiger charge is 2.19. The molecular weight excluding hydrogens is 448 g/mol. The maximum absolute atomic E-state index is 13.8. The molecule has 2 N–H and O–H groups in total. The van der Waals surface area contributed by atoms with E-state index in [9.17, 15) is 19.1 Å². The van der Waals surface area contributed by atoms with Crippen LogP contribution in [-0.2, 0) is 4.74 Å². The van der Waals surface area contributed by atoms with Gasteiger partial charge in [-0.25, -0.2) is 4.39 Å². The molecule has 0 aliphatic carbocycles. The Morgan fingerprint density at radius 2 is 2.00 bits per heavy atom. The number of aromatic nitrogens is 2. The Kier molecular flexibility index (Phi) is 7.40. The van der Waals surface area contributed by atoms with Gasteiger partial charge in [0, 0.05) is 19.2 Å². The molecule has 3 rings (SSSR count). The average molecular weight is 466 g/mol. The third-order valence-electron chi connectivity index (χ3n) is 4.28. The number of carbonyl (C=O) groups is 1. The molecule has 2 aromatic carbocycles. The number of nitrogens with zero attached hydrogens (tertiary/aromatic N) is 2. The normalized spacial score (nSPS) is 11.9. The Balaban J connectivity index is 2.10. The number of amides is 1. The molecule has 3 aromatic rings. The largest absolute Gasteiger partial charge is 0.389 e. The zero-order valence-electron chi connectivity index (χ0n) is 16.3. The minimum Gasteiger partial charge on any atom is -0.389 e. The second kappa shape index (κ2) is 10.0. The number of aliphatic hydroxyl groups is 1. The molecule has 0 radical (unpaired) electrons. The number of ether oxygens (including phenoxy) is 1. The number of hydrogen-bond acceptors (Lipinski definition) is 5. The van der Waals surface area contributed by atoms with E-state index in [1.807, 2.05) is 0 Å². The molecule has 1 unspecified atom stereocenters. The lowest BCUT2D eigenvalue weighted by atomic mass is 10.1. The highest BCUT2D eigenvalue weighted by atomic mass is 35.5. The molecule has 1 atom stereocenters. The van der Waals surface area contributed by atoms with Crippen molar-refractivity contribution in [1.82, 2.24) is 15.1 Å². The molecule has 0 aliphatic rings. The summed E-state index contributed by atoms with van der Waals surface area (Å²) in [6.45, 7) is -0.116. The van der Waals surface area contributed by atoms with Gasteiger partial charge in [-0.05, 0) is 36.4 Å². The zero-order valence-corrected chi connectivity index (χ0v) is 17.8. The van der Waals surface area contributed by atoms with Crippen LogP contribution in [0.15, 0.2) is 53.3 Å². The summed E-state index contributed by atoms with van der Waals surface area (Å²) >= 11 is 12.1. The molecule has 0 saturated heterocycles. The van der Waals surface area contributed by atoms with Crippen molar-refractivity contribution in [2.24, 2.45) is 0 Å². The summed E-state index contributed by atoms with van der Waals surface area (Å²) in [6, 6.07) is 11.3. The van der Waals surface area contributed by atoms with E-state index in [4.69, 9.17) is 27.9 Å². The van der Waals surface area contributed by atoms with Gasteiger partial charge in [-0.1, -0.05) is 35.3 Å². The number of nitrogens with one attached hydrogen (secondary N) is 1. The van der Waals surface area contributed by atoms with Gasteiger partial charge in [0.15, 0.2) is 0 Å². The first-order valence-corrected chi connectivity index (χ1v) is 9.86. The first-order chi connectivity index (χ1) is 14.8. The lowest BCUT2D eigenvalue weighted by molar-refractivity contribution is 0.0609. The molecular formula is C21H18Cl2FN3O4. The van der Waals surface area contributed by atoms with Crippen molar-refractivity contribution >= 4 is 29.1 Å². The quantitative estimate of drug-likeness (QED) is 0.559. The van der Waals surface area contributed by atoms with Gasteiger partial charge in [-0.3, -0.25) is 9.59 Å². The highest BCUT2D eigenvalue weighted by Crippen LogP contribution is 2.27. The summed E-state index contributed by atoms with van der Waals surface area (Å²) in [5.74, 6) is -1.30. The summed E-state index contributed by atoms with van der Waals surface area (Å²) in [5, 5.41) is 17.1. The number of halogens is 3. The van der Waals surface area contributed by atoms with Crippen molar-refractivity contribution in [2.75, 3.05) is 20.3 Å². The first kappa shape index (κ1) is 22.9. The van der Waals surface area contributed by atoms with Crippen molar-refractivity contribution in [3.05, 3.63) is 80.3 Å². The van der Waals surface area contributed by atoms with Crippen LogP contribution in [0, 0.1) is 5.82 Å². The van der Waals surface area contributed by atoms with E-state index in [-0.39, 0.29) is 35.1 Å². The van der Waals surface area contributed by atoms with Crippen molar-refractivity contribution in [3.63, 3.8) is 0 Å². The van der Waals surface area contributed by atoms with E-state index < -0.39 is 23.4 Å². The summed E-state index contributed by atoms with van der Waals surface area (Å²) < 4.78 is 19.5. The van der Waals surface area contributed by atoms with Gasteiger partial charge < -0.3 is 15.2 Å². The van der Waals surface area contributed by atoms with Crippen LogP contribution in [0.25, 0.3) is 16.9 Å². The molecule has 31 heavy (non-hydrogen) atoms. The van der Waals surface area contributed by atoms with Crippen LogP contribution in [0.3, 0.4) is 0 Å². The van der Waals surface area contributed by atoms with E-state index in [1.54, 1.807) is 12.1 Å². The lowest BCUT2D eigenvalue weighted by Crippen LogP contribution is -2.38. The number of hydrogen-bond donors (Lipinski definition) is 2. The smallest absolute Gasteiger partial charge is 0.284 e. The lowest BCUT2D eigenvalue weighted by Gasteiger charge is -2.13.